The van der Waals surface area contributed by atoms with Crippen LogP contribution in [0.1, 0.15) is 60.6 Å². The van der Waals surface area contributed by atoms with E-state index in [-0.39, 0.29) is 17.6 Å². The molecule has 154 valence electrons. The van der Waals surface area contributed by atoms with Crippen LogP contribution in [0.15, 0.2) is 24.5 Å². The highest BCUT2D eigenvalue weighted by Crippen LogP contribution is 2.30. The van der Waals surface area contributed by atoms with E-state index in [1.54, 1.807) is 0 Å². The molecule has 5 N–H and O–H groups in total. The van der Waals surface area contributed by atoms with Gasteiger partial charge in [-0.1, -0.05) is 6.07 Å². The number of amides is 1. The lowest BCUT2D eigenvalue weighted by Gasteiger charge is -2.34. The van der Waals surface area contributed by atoms with Gasteiger partial charge in [0.05, 0.1) is 11.2 Å². The Kier molecular flexibility index (Phi) is 5.36. The monoisotopic (exact) mass is 396 g/mol. The van der Waals surface area contributed by atoms with Crippen LogP contribution in [-0.4, -0.2) is 43.7 Å². The normalized spacial score (nSPS) is 26.4. The molecule has 2 aliphatic carbocycles. The maximum atomic E-state index is 11.9. The van der Waals surface area contributed by atoms with Crippen molar-refractivity contribution in [3.05, 3.63) is 41.3 Å². The van der Waals surface area contributed by atoms with Crippen molar-refractivity contribution in [1.82, 2.24) is 15.0 Å². The Balaban J connectivity index is 1.50. The van der Waals surface area contributed by atoms with Gasteiger partial charge in [0.15, 0.2) is 0 Å². The summed E-state index contributed by atoms with van der Waals surface area (Å²) in [5.41, 5.74) is 7.48. The number of aryl methyl sites for hydroxylation is 1. The van der Waals surface area contributed by atoms with Gasteiger partial charge in [0.25, 0.3) is 5.91 Å². The molecule has 1 amide bonds. The van der Waals surface area contributed by atoms with Crippen LogP contribution in [-0.2, 0) is 12.8 Å². The Labute approximate surface area is 170 Å². The Morgan fingerprint density at radius 1 is 1.28 bits per heavy atom. The summed E-state index contributed by atoms with van der Waals surface area (Å²) in [5, 5.41) is 17.1. The van der Waals surface area contributed by atoms with Gasteiger partial charge in [-0.15, -0.1) is 0 Å². The number of hydrogen-bond donors (Lipinski definition) is 4. The first-order valence-corrected chi connectivity index (χ1v) is 10.2. The number of rotatable bonds is 5. The van der Waals surface area contributed by atoms with Gasteiger partial charge in [0, 0.05) is 30.2 Å². The van der Waals surface area contributed by atoms with E-state index in [1.807, 2.05) is 19.2 Å². The topological polar surface area (TPSA) is 126 Å². The van der Waals surface area contributed by atoms with Crippen molar-refractivity contribution in [2.75, 3.05) is 10.6 Å². The molecular formula is C21H28N6O2. The average molecular weight is 396 g/mol. The maximum absolute atomic E-state index is 11.9. The Bertz CT molecular complexity index is 900. The summed E-state index contributed by atoms with van der Waals surface area (Å²) < 4.78 is 0. The minimum Gasteiger partial charge on any atom is -0.390 e. The predicted octanol–water partition coefficient (Wildman–Crippen LogP) is 2.05. The number of hydrogen-bond acceptors (Lipinski definition) is 7. The molecule has 8 nitrogen and oxygen atoms in total. The van der Waals surface area contributed by atoms with Crippen molar-refractivity contribution >= 4 is 17.7 Å². The van der Waals surface area contributed by atoms with Crippen molar-refractivity contribution in [3.8, 4) is 0 Å². The summed E-state index contributed by atoms with van der Waals surface area (Å²) in [6, 6.07) is 4.30. The van der Waals surface area contributed by atoms with E-state index in [4.69, 9.17) is 5.73 Å². The molecule has 1 unspecified atom stereocenters. The molecule has 2 aromatic heterocycles. The fourth-order valence-corrected chi connectivity index (χ4v) is 4.39. The number of aromatic nitrogens is 3. The Hall–Kier alpha value is -2.74. The number of fused-ring (bicyclic) bond motifs is 1. The van der Waals surface area contributed by atoms with Crippen molar-refractivity contribution < 1.29 is 9.90 Å². The Morgan fingerprint density at radius 2 is 2.14 bits per heavy atom. The summed E-state index contributed by atoms with van der Waals surface area (Å²) >= 11 is 0. The van der Waals surface area contributed by atoms with E-state index >= 15 is 0 Å². The van der Waals surface area contributed by atoms with Crippen LogP contribution in [0.5, 0.6) is 0 Å². The quantitative estimate of drug-likeness (QED) is 0.609. The molecule has 4 rings (SSSR count). The minimum absolute atomic E-state index is 0.0345. The van der Waals surface area contributed by atoms with Crippen LogP contribution < -0.4 is 16.4 Å². The lowest BCUT2D eigenvalue weighted by molar-refractivity contribution is 0.0182. The molecule has 1 saturated carbocycles. The third-order valence-corrected chi connectivity index (χ3v) is 5.86. The molecule has 0 spiro atoms. The fraction of sp³-hybridized carbons (Fsp3) is 0.524. The summed E-state index contributed by atoms with van der Waals surface area (Å²) in [5.74, 6) is 0.326. The zero-order valence-corrected chi connectivity index (χ0v) is 16.7. The van der Waals surface area contributed by atoms with Crippen molar-refractivity contribution in [2.24, 2.45) is 5.73 Å². The molecule has 0 saturated heterocycles. The van der Waals surface area contributed by atoms with Crippen LogP contribution >= 0.6 is 0 Å². The van der Waals surface area contributed by atoms with E-state index in [0.29, 0.717) is 18.2 Å². The first kappa shape index (κ1) is 19.6. The maximum Gasteiger partial charge on any atom is 0.254 e. The first-order valence-electron chi connectivity index (χ1n) is 10.2. The van der Waals surface area contributed by atoms with Crippen molar-refractivity contribution in [1.29, 1.82) is 0 Å². The number of carbonyl (C=O) groups is 1. The molecule has 0 aromatic carbocycles. The SMILES string of the molecule is C[C@]1(O)CCC[C@@H](Nc2nc(NC3CCc4ncccc4C3)ncc2C(N)=O)C1. The molecule has 29 heavy (non-hydrogen) atoms. The summed E-state index contributed by atoms with van der Waals surface area (Å²) in [6.07, 6.45) is 9.23. The van der Waals surface area contributed by atoms with Crippen LogP contribution in [0.3, 0.4) is 0 Å². The highest BCUT2D eigenvalue weighted by atomic mass is 16.3. The van der Waals surface area contributed by atoms with Gasteiger partial charge in [-0.2, -0.15) is 4.98 Å². The number of carbonyl (C=O) groups excluding carboxylic acids is 1. The molecule has 0 bridgehead atoms. The second-order valence-electron chi connectivity index (χ2n) is 8.45. The largest absolute Gasteiger partial charge is 0.390 e. The third-order valence-electron chi connectivity index (χ3n) is 5.86. The van der Waals surface area contributed by atoms with Gasteiger partial charge >= 0.3 is 0 Å². The Morgan fingerprint density at radius 3 is 2.93 bits per heavy atom. The van der Waals surface area contributed by atoms with Crippen molar-refractivity contribution in [2.45, 2.75) is 69.6 Å². The van der Waals surface area contributed by atoms with Crippen LogP contribution in [0.25, 0.3) is 0 Å². The lowest BCUT2D eigenvalue weighted by atomic mass is 9.83. The molecule has 8 heteroatoms. The van der Waals surface area contributed by atoms with Crippen LogP contribution in [0, 0.1) is 0 Å². The molecule has 2 heterocycles. The van der Waals surface area contributed by atoms with Gasteiger partial charge in [0.1, 0.15) is 5.82 Å². The summed E-state index contributed by atoms with van der Waals surface area (Å²) in [6.45, 7) is 1.85. The molecule has 1 fully saturated rings. The number of primary amides is 1. The highest BCUT2D eigenvalue weighted by Gasteiger charge is 2.31. The van der Waals surface area contributed by atoms with E-state index in [2.05, 4.69) is 31.7 Å². The van der Waals surface area contributed by atoms with Crippen LogP contribution in [0.4, 0.5) is 11.8 Å². The summed E-state index contributed by atoms with van der Waals surface area (Å²) in [7, 11) is 0. The molecule has 2 aliphatic rings. The smallest absolute Gasteiger partial charge is 0.254 e. The molecule has 0 aliphatic heterocycles. The highest BCUT2D eigenvalue weighted by molar-refractivity contribution is 5.97. The van der Waals surface area contributed by atoms with Crippen LogP contribution in [0.2, 0.25) is 0 Å². The number of nitrogens with zero attached hydrogens (tertiary/aromatic N) is 3. The molecular weight excluding hydrogens is 368 g/mol. The second-order valence-corrected chi connectivity index (χ2v) is 8.45. The third kappa shape index (κ3) is 4.64. The van der Waals surface area contributed by atoms with Gasteiger partial charge < -0.3 is 21.5 Å². The molecule has 3 atom stereocenters. The van der Waals surface area contributed by atoms with Crippen molar-refractivity contribution in [3.63, 3.8) is 0 Å². The van der Waals surface area contributed by atoms with E-state index < -0.39 is 11.5 Å². The van der Waals surface area contributed by atoms with E-state index in [1.165, 1.54) is 11.8 Å². The lowest BCUT2D eigenvalue weighted by Crippen LogP contribution is -2.38. The predicted molar refractivity (Wildman–Crippen MR) is 111 cm³/mol. The fourth-order valence-electron chi connectivity index (χ4n) is 4.39. The second kappa shape index (κ2) is 7.94. The minimum atomic E-state index is -0.708. The van der Waals surface area contributed by atoms with E-state index in [9.17, 15) is 9.90 Å². The molecule has 0 radical (unpaired) electrons. The van der Waals surface area contributed by atoms with Gasteiger partial charge in [-0.25, -0.2) is 4.98 Å². The average Bonchev–Trinajstić information content (AvgIpc) is 2.67. The number of aliphatic hydroxyl groups is 1. The molecule has 2 aromatic rings. The van der Waals surface area contributed by atoms with E-state index in [0.717, 1.165) is 44.2 Å². The standard InChI is InChI=1S/C21H28N6O2/c1-21(29)8-2-5-15(11-21)25-19-16(18(22)28)12-24-20(27-19)26-14-6-7-17-13(10-14)4-3-9-23-17/h3-4,9,12,14-15,29H,2,5-8,10-11H2,1H3,(H2,22,28)(H2,24,25,26,27)/t14?,15-,21+/m1/s1. The first-order chi connectivity index (χ1) is 13.9. The number of nitrogens with two attached hydrogens (primary N) is 1. The zero-order valence-electron chi connectivity index (χ0n) is 16.7. The summed E-state index contributed by atoms with van der Waals surface area (Å²) in [4.78, 5) is 25.2. The number of anilines is 2. The zero-order chi connectivity index (χ0) is 20.4. The number of pyridine rings is 1. The van der Waals surface area contributed by atoms with Gasteiger partial charge in [-0.3, -0.25) is 9.78 Å². The van der Waals surface area contributed by atoms with Gasteiger partial charge in [0.2, 0.25) is 5.95 Å². The van der Waals surface area contributed by atoms with Gasteiger partial charge in [-0.05, 0) is 63.5 Å². The number of nitrogens with one attached hydrogen (secondary N) is 2.